The van der Waals surface area contributed by atoms with Gasteiger partial charge in [-0.3, -0.25) is 9.36 Å². The van der Waals surface area contributed by atoms with Crippen molar-refractivity contribution < 1.29 is 33.3 Å². The fourth-order valence-electron chi connectivity index (χ4n) is 4.45. The summed E-state index contributed by atoms with van der Waals surface area (Å²) in [5, 5.41) is 0.228. The maximum Gasteiger partial charge on any atom is 0.343 e. The van der Waals surface area contributed by atoms with Crippen LogP contribution in [0.25, 0.3) is 6.08 Å². The number of methoxy groups -OCH3 is 2. The Morgan fingerprint density at radius 2 is 1.93 bits per heavy atom. The molecule has 0 bridgehead atoms. The second-order valence-corrected chi connectivity index (χ2v) is 11.8. The highest BCUT2D eigenvalue weighted by molar-refractivity contribution is 9.10. The minimum atomic E-state index is -0.830. The van der Waals surface area contributed by atoms with Gasteiger partial charge >= 0.3 is 11.9 Å². The van der Waals surface area contributed by atoms with Gasteiger partial charge in [0.2, 0.25) is 0 Å². The maximum atomic E-state index is 14.0. The monoisotopic (exact) mass is 692 g/mol. The van der Waals surface area contributed by atoms with Crippen LogP contribution in [0.3, 0.4) is 0 Å². The molecule has 0 fully saturated rings. The number of carbonyl (C=O) groups is 2. The molecule has 0 spiro atoms. The summed E-state index contributed by atoms with van der Waals surface area (Å²) in [6, 6.07) is 7.80. The number of benzene rings is 2. The summed E-state index contributed by atoms with van der Waals surface area (Å²) in [6.45, 7) is 7.09. The minimum absolute atomic E-state index is 0.0864. The first-order valence-electron chi connectivity index (χ1n) is 13.2. The van der Waals surface area contributed by atoms with Gasteiger partial charge in [-0.1, -0.05) is 29.0 Å². The number of thiazole rings is 1. The summed E-state index contributed by atoms with van der Waals surface area (Å²) in [6.07, 6.45) is 1.59. The van der Waals surface area contributed by atoms with Crippen molar-refractivity contribution in [1.82, 2.24) is 4.57 Å². The third-order valence-corrected chi connectivity index (χ3v) is 8.12. The lowest BCUT2D eigenvalue weighted by atomic mass is 9.95. The van der Waals surface area contributed by atoms with Crippen LogP contribution in [0.2, 0.25) is 5.02 Å². The van der Waals surface area contributed by atoms with Crippen LogP contribution >= 0.6 is 38.9 Å². The van der Waals surface area contributed by atoms with Gasteiger partial charge in [0.15, 0.2) is 28.7 Å². The molecule has 0 unspecified atom stereocenters. The van der Waals surface area contributed by atoms with Gasteiger partial charge < -0.3 is 23.7 Å². The zero-order chi connectivity index (χ0) is 31.4. The highest BCUT2D eigenvalue weighted by atomic mass is 79.9. The molecule has 228 valence electrons. The third kappa shape index (κ3) is 6.97. The number of fused-ring (bicyclic) bond motifs is 1. The predicted octanol–water partition coefficient (Wildman–Crippen LogP) is 4.56. The fraction of sp³-hybridized carbons (Fsp3) is 0.333. The molecule has 0 amide bonds. The number of allylic oxidation sites excluding steroid dienone is 1. The fourth-order valence-corrected chi connectivity index (χ4v) is 6.49. The Kier molecular flexibility index (Phi) is 10.4. The van der Waals surface area contributed by atoms with E-state index in [-0.39, 0.29) is 41.2 Å². The summed E-state index contributed by atoms with van der Waals surface area (Å²) < 4.78 is 29.3. The van der Waals surface area contributed by atoms with E-state index >= 15 is 0 Å². The molecule has 3 aromatic rings. The second kappa shape index (κ2) is 13.8. The van der Waals surface area contributed by atoms with Crippen LogP contribution in [-0.2, 0) is 19.1 Å². The zero-order valence-electron chi connectivity index (χ0n) is 24.4. The molecule has 1 aliphatic heterocycles. The first-order valence-corrected chi connectivity index (χ1v) is 15.2. The molecule has 1 aliphatic rings. The van der Waals surface area contributed by atoms with Gasteiger partial charge in [-0.15, -0.1) is 0 Å². The van der Waals surface area contributed by atoms with Gasteiger partial charge in [-0.25, -0.2) is 14.6 Å². The van der Waals surface area contributed by atoms with Crippen LogP contribution in [0, 0.1) is 0 Å². The summed E-state index contributed by atoms with van der Waals surface area (Å²) in [5.41, 5.74) is 1.55. The number of ether oxygens (including phenoxy) is 5. The van der Waals surface area contributed by atoms with Gasteiger partial charge in [0.1, 0.15) is 0 Å². The van der Waals surface area contributed by atoms with E-state index < -0.39 is 18.0 Å². The number of halogens is 2. The van der Waals surface area contributed by atoms with Crippen LogP contribution in [0.5, 0.6) is 17.2 Å². The van der Waals surface area contributed by atoms with Crippen LogP contribution in [0.1, 0.15) is 44.9 Å². The molecule has 4 rings (SSSR count). The zero-order valence-corrected chi connectivity index (χ0v) is 27.5. The first kappa shape index (κ1) is 32.3. The molecule has 13 heteroatoms. The molecule has 2 aromatic carbocycles. The average Bonchev–Trinajstić information content (AvgIpc) is 3.25. The van der Waals surface area contributed by atoms with E-state index in [2.05, 4.69) is 25.7 Å². The smallest absolute Gasteiger partial charge is 0.343 e. The van der Waals surface area contributed by atoms with Gasteiger partial charge in [0, 0.05) is 0 Å². The van der Waals surface area contributed by atoms with E-state index in [4.69, 9.17) is 30.5 Å². The predicted molar refractivity (Wildman–Crippen MR) is 166 cm³/mol. The van der Waals surface area contributed by atoms with Gasteiger partial charge in [-0.05, 0) is 85.1 Å². The lowest BCUT2D eigenvalue weighted by Gasteiger charge is -2.25. The highest BCUT2D eigenvalue weighted by Gasteiger charge is 2.34. The van der Waals surface area contributed by atoms with E-state index in [0.717, 1.165) is 0 Å². The normalized spacial score (nSPS) is 14.7. The number of nitrogens with zero attached hydrogens (tertiary/aromatic N) is 2. The Hall–Kier alpha value is -3.61. The van der Waals surface area contributed by atoms with Crippen LogP contribution < -0.4 is 29.1 Å². The Morgan fingerprint density at radius 3 is 2.56 bits per heavy atom. The summed E-state index contributed by atoms with van der Waals surface area (Å²) in [7, 11) is 2.79. The molecule has 0 aliphatic carbocycles. The van der Waals surface area contributed by atoms with Crippen molar-refractivity contribution in [3.8, 4) is 17.2 Å². The molecule has 2 heterocycles. The Morgan fingerprint density at radius 1 is 1.19 bits per heavy atom. The maximum absolute atomic E-state index is 14.0. The summed E-state index contributed by atoms with van der Waals surface area (Å²) >= 11 is 11.0. The number of carbonyl (C=O) groups excluding carboxylic acids is 2. The van der Waals surface area contributed by atoms with Crippen molar-refractivity contribution in [2.45, 2.75) is 39.8 Å². The second-order valence-electron chi connectivity index (χ2n) is 9.56. The molecular formula is C30H30BrClN2O8S. The molecule has 0 saturated heterocycles. The van der Waals surface area contributed by atoms with E-state index in [1.54, 1.807) is 50.3 Å². The Bertz CT molecular complexity index is 1760. The van der Waals surface area contributed by atoms with Crippen molar-refractivity contribution in [3.05, 3.63) is 81.9 Å². The number of hydrogen-bond acceptors (Lipinski definition) is 10. The molecule has 1 atom stereocenters. The average molecular weight is 694 g/mol. The standard InChI is InChI=1S/C30H30BrClN2O8S/c1-7-40-29(37)25-16(4)33-30-34(26(25)18-8-9-21(42-15(2)3)22(13-18)38-5)28(36)23(43-30)12-17-10-19(31)27(20(32)11-17)41-14-24(35)39-6/h8-13,15,26H,7,14H2,1-6H3/b23-12-/t26-/m0/s1. The van der Waals surface area contributed by atoms with Crippen molar-refractivity contribution in [2.75, 3.05) is 27.4 Å². The largest absolute Gasteiger partial charge is 0.493 e. The molecule has 0 saturated carbocycles. The molecule has 10 nitrogen and oxygen atoms in total. The van der Waals surface area contributed by atoms with Gasteiger partial charge in [0.05, 0.1) is 58.3 Å². The third-order valence-electron chi connectivity index (χ3n) is 6.26. The van der Waals surface area contributed by atoms with Gasteiger partial charge in [-0.2, -0.15) is 0 Å². The first-order chi connectivity index (χ1) is 20.5. The number of esters is 2. The number of rotatable bonds is 10. The van der Waals surface area contributed by atoms with Crippen LogP contribution in [-0.4, -0.2) is 50.0 Å². The SMILES string of the molecule is CCOC(=O)C1=C(C)N=c2s/c(=C\c3cc(Cl)c(OCC(=O)OC)c(Br)c3)c(=O)n2[C@H]1c1ccc(OC(C)C)c(OC)c1. The molecule has 0 N–H and O–H groups in total. The van der Waals surface area contributed by atoms with E-state index in [1.807, 2.05) is 13.8 Å². The Balaban J connectivity index is 1.86. The molecule has 1 aromatic heterocycles. The number of aromatic nitrogens is 1. The number of hydrogen-bond donors (Lipinski definition) is 0. The van der Waals surface area contributed by atoms with Gasteiger partial charge in [0.25, 0.3) is 5.56 Å². The van der Waals surface area contributed by atoms with E-state index in [1.165, 1.54) is 30.1 Å². The minimum Gasteiger partial charge on any atom is -0.493 e. The Labute approximate surface area is 265 Å². The molecule has 43 heavy (non-hydrogen) atoms. The van der Waals surface area contributed by atoms with Crippen LogP contribution in [0.4, 0.5) is 0 Å². The van der Waals surface area contributed by atoms with E-state index in [0.29, 0.717) is 42.1 Å². The lowest BCUT2D eigenvalue weighted by Crippen LogP contribution is -2.40. The quantitative estimate of drug-likeness (QED) is 0.284. The summed E-state index contributed by atoms with van der Waals surface area (Å²) in [4.78, 5) is 43.7. The molecular weight excluding hydrogens is 664 g/mol. The highest BCUT2D eigenvalue weighted by Crippen LogP contribution is 2.37. The van der Waals surface area contributed by atoms with Crippen molar-refractivity contribution in [2.24, 2.45) is 4.99 Å². The van der Waals surface area contributed by atoms with Crippen molar-refractivity contribution >= 4 is 56.9 Å². The van der Waals surface area contributed by atoms with Crippen LogP contribution in [0.15, 0.2) is 55.9 Å². The topological polar surface area (TPSA) is 115 Å². The van der Waals surface area contributed by atoms with Crippen molar-refractivity contribution in [3.63, 3.8) is 0 Å². The molecule has 0 radical (unpaired) electrons. The van der Waals surface area contributed by atoms with E-state index in [9.17, 15) is 14.4 Å². The summed E-state index contributed by atoms with van der Waals surface area (Å²) in [5.74, 6) is 0.135. The van der Waals surface area contributed by atoms with Crippen molar-refractivity contribution in [1.29, 1.82) is 0 Å². The lowest BCUT2D eigenvalue weighted by molar-refractivity contribution is -0.143.